The first-order valence-corrected chi connectivity index (χ1v) is 18.4. The summed E-state index contributed by atoms with van der Waals surface area (Å²) >= 11 is 1.78. The van der Waals surface area contributed by atoms with E-state index in [2.05, 4.69) is 96.2 Å². The maximum atomic E-state index is 14.6. The number of hydrogen-bond donors (Lipinski definition) is 0. The molecule has 0 radical (unpaired) electrons. The van der Waals surface area contributed by atoms with Crippen molar-refractivity contribution in [3.05, 3.63) is 191 Å². The van der Waals surface area contributed by atoms with Crippen LogP contribution >= 0.6 is 11.8 Å². The zero-order chi connectivity index (χ0) is 35.5. The number of aromatic nitrogens is 4. The molecule has 5 aromatic rings. The Balaban J connectivity index is 1.23. The number of rotatable bonds is 14. The lowest BCUT2D eigenvalue weighted by atomic mass is 9.92. The lowest BCUT2D eigenvalue weighted by Gasteiger charge is -2.27. The van der Waals surface area contributed by atoms with E-state index >= 15 is 0 Å². The van der Waals surface area contributed by atoms with E-state index in [9.17, 15) is 4.79 Å². The Kier molecular flexibility index (Phi) is 11.5. The number of nitrogens with one attached hydrogen (secondary N) is 1. The van der Waals surface area contributed by atoms with E-state index in [1.807, 2.05) is 91.5 Å². The van der Waals surface area contributed by atoms with Crippen molar-refractivity contribution >= 4 is 23.2 Å². The van der Waals surface area contributed by atoms with Crippen molar-refractivity contribution in [1.29, 1.82) is 0 Å². The summed E-state index contributed by atoms with van der Waals surface area (Å²) in [6.07, 6.45) is 15.8. The van der Waals surface area contributed by atoms with Gasteiger partial charge in [-0.25, -0.2) is 4.98 Å². The fourth-order valence-electron chi connectivity index (χ4n) is 6.53. The lowest BCUT2D eigenvalue weighted by Crippen LogP contribution is -2.34. The van der Waals surface area contributed by atoms with Crippen molar-refractivity contribution < 1.29 is 9.78 Å². The highest BCUT2D eigenvalue weighted by atomic mass is 32.2. The number of pyridine rings is 4. The topological polar surface area (TPSA) is 79.6 Å². The maximum Gasteiger partial charge on any atom is 0.193 e. The molecule has 0 bridgehead atoms. The molecule has 1 aliphatic heterocycles. The van der Waals surface area contributed by atoms with Gasteiger partial charge in [0.05, 0.1) is 34.3 Å². The van der Waals surface area contributed by atoms with Crippen molar-refractivity contribution in [3.63, 3.8) is 0 Å². The quantitative estimate of drug-likeness (QED) is 0.120. The molecule has 1 N–H and O–H groups in total. The number of thioether (sulfide) groups is 1. The van der Waals surface area contributed by atoms with E-state index in [4.69, 9.17) is 0 Å². The number of hydrogen-bond acceptors (Lipinski definition) is 8. The minimum atomic E-state index is 0.0535. The highest BCUT2D eigenvalue weighted by Gasteiger charge is 2.26. The fourth-order valence-corrected chi connectivity index (χ4v) is 7.66. The van der Waals surface area contributed by atoms with Crippen LogP contribution in [0.3, 0.4) is 0 Å². The van der Waals surface area contributed by atoms with Crippen LogP contribution in [0.15, 0.2) is 173 Å². The Labute approximate surface area is 310 Å². The zero-order valence-corrected chi connectivity index (χ0v) is 30.1. The molecule has 0 saturated heterocycles. The molecule has 2 aliphatic rings. The molecule has 4 aromatic heterocycles. The number of carbonyl (C=O) groups is 1. The van der Waals surface area contributed by atoms with Gasteiger partial charge in [0, 0.05) is 86.0 Å². The highest BCUT2D eigenvalue weighted by molar-refractivity contribution is 8.03. The van der Waals surface area contributed by atoms with E-state index in [1.54, 1.807) is 11.8 Å². The number of anilines is 1. The summed E-state index contributed by atoms with van der Waals surface area (Å²) in [5.41, 5.74) is 7.61. The number of ketones is 1. The monoisotopic (exact) mass is 704 g/mol. The maximum absolute atomic E-state index is 14.6. The first-order chi connectivity index (χ1) is 25.6. The number of fused-ring (bicyclic) bond motifs is 1. The molecule has 0 fully saturated rings. The molecule has 0 amide bonds. The van der Waals surface area contributed by atoms with Gasteiger partial charge in [-0.3, -0.25) is 29.5 Å². The SMILES string of the molecule is CCN1C(=CC=C2C=C(CN(Cc3ccccn3)Cc3ccccn3)C(=O)C(CN(Cc3ccccn3)Cc3cccc[nH+]3)=C2)Sc2ccccc21. The van der Waals surface area contributed by atoms with E-state index in [-0.39, 0.29) is 5.78 Å². The summed E-state index contributed by atoms with van der Waals surface area (Å²) in [5.74, 6) is 0.0535. The first kappa shape index (κ1) is 34.9. The van der Waals surface area contributed by atoms with Gasteiger partial charge in [0.25, 0.3) is 0 Å². The molecule has 0 spiro atoms. The minimum absolute atomic E-state index is 0.0535. The van der Waals surface area contributed by atoms with Gasteiger partial charge >= 0.3 is 0 Å². The molecule has 260 valence electrons. The molecule has 0 atom stereocenters. The molecular formula is C43H42N7OS+. The number of benzene rings is 1. The predicted octanol–water partition coefficient (Wildman–Crippen LogP) is 7.23. The van der Waals surface area contributed by atoms with Crippen molar-refractivity contribution in [2.24, 2.45) is 0 Å². The smallest absolute Gasteiger partial charge is 0.193 e. The van der Waals surface area contributed by atoms with Crippen molar-refractivity contribution in [3.8, 4) is 0 Å². The predicted molar refractivity (Wildman–Crippen MR) is 207 cm³/mol. The molecule has 7 rings (SSSR count). The van der Waals surface area contributed by atoms with E-state index in [1.165, 1.54) is 15.6 Å². The Morgan fingerprint density at radius 3 is 1.75 bits per heavy atom. The Bertz CT molecular complexity index is 1890. The van der Waals surface area contributed by atoms with Crippen LogP contribution in [0.2, 0.25) is 0 Å². The summed E-state index contributed by atoms with van der Waals surface area (Å²) in [7, 11) is 0. The molecule has 52 heavy (non-hydrogen) atoms. The normalized spacial score (nSPS) is 15.8. The third-order valence-corrected chi connectivity index (χ3v) is 10.1. The molecule has 8 nitrogen and oxygen atoms in total. The van der Waals surface area contributed by atoms with Crippen LogP contribution in [0.5, 0.6) is 0 Å². The number of nitrogens with zero attached hydrogens (tertiary/aromatic N) is 6. The zero-order valence-electron chi connectivity index (χ0n) is 29.3. The molecule has 1 aliphatic carbocycles. The van der Waals surface area contributed by atoms with Crippen LogP contribution < -0.4 is 9.88 Å². The molecule has 9 heteroatoms. The molecular weight excluding hydrogens is 663 g/mol. The summed E-state index contributed by atoms with van der Waals surface area (Å²) < 4.78 is 0. The van der Waals surface area contributed by atoms with Gasteiger partial charge in [-0.15, -0.1) is 0 Å². The third-order valence-electron chi connectivity index (χ3n) is 8.93. The number of Topliss-reactive ketones (excluding diaryl/α,β-unsaturated/α-hetero) is 1. The summed E-state index contributed by atoms with van der Waals surface area (Å²) in [4.78, 5) is 39.9. The van der Waals surface area contributed by atoms with Crippen molar-refractivity contribution in [2.75, 3.05) is 24.5 Å². The van der Waals surface area contributed by atoms with Gasteiger partial charge in [-0.1, -0.05) is 54.2 Å². The highest BCUT2D eigenvalue weighted by Crippen LogP contribution is 2.45. The lowest BCUT2D eigenvalue weighted by molar-refractivity contribution is -0.393. The van der Waals surface area contributed by atoms with Crippen LogP contribution in [0.25, 0.3) is 0 Å². The molecule has 5 heterocycles. The second kappa shape index (κ2) is 17.2. The second-order valence-electron chi connectivity index (χ2n) is 12.8. The van der Waals surface area contributed by atoms with Gasteiger partial charge in [0.15, 0.2) is 17.7 Å². The number of allylic oxidation sites excluding steroid dienone is 5. The van der Waals surface area contributed by atoms with E-state index in [0.717, 1.165) is 46.0 Å². The minimum Gasteiger partial charge on any atom is -0.335 e. The Morgan fingerprint density at radius 2 is 1.21 bits per heavy atom. The third kappa shape index (κ3) is 9.05. The average molecular weight is 705 g/mol. The van der Waals surface area contributed by atoms with Crippen LogP contribution in [0, 0.1) is 0 Å². The number of H-pyrrole nitrogens is 1. The van der Waals surface area contributed by atoms with Crippen LogP contribution in [-0.4, -0.2) is 50.2 Å². The van der Waals surface area contributed by atoms with Crippen LogP contribution in [-0.2, 0) is 31.0 Å². The Morgan fingerprint density at radius 1 is 0.654 bits per heavy atom. The van der Waals surface area contributed by atoms with Gasteiger partial charge < -0.3 is 4.90 Å². The number of aromatic amines is 1. The molecule has 0 unspecified atom stereocenters. The van der Waals surface area contributed by atoms with E-state index < -0.39 is 0 Å². The second-order valence-corrected chi connectivity index (χ2v) is 13.9. The fraction of sp³-hybridized carbons (Fsp3) is 0.186. The molecule has 1 aromatic carbocycles. The van der Waals surface area contributed by atoms with Crippen LogP contribution in [0.1, 0.15) is 29.7 Å². The van der Waals surface area contributed by atoms with Crippen LogP contribution in [0.4, 0.5) is 5.69 Å². The van der Waals surface area contributed by atoms with Gasteiger partial charge in [0.1, 0.15) is 0 Å². The Hall–Kier alpha value is -5.48. The standard InChI is InChI=1S/C43H41N7OS/c1-2-50-40-17-3-4-18-41(40)52-42(50)20-19-33-25-34(27-48(29-36-13-5-9-21-44-36)30-37-14-6-10-22-45-37)43(51)35(26-33)28-49(31-38-15-7-11-23-46-38)32-39-16-8-12-24-47-39/h3-26H,2,27-32H2,1H3/p+1. The largest absolute Gasteiger partial charge is 0.335 e. The van der Waals surface area contributed by atoms with E-state index in [0.29, 0.717) is 39.3 Å². The number of carbonyl (C=O) groups excluding carboxylic acids is 1. The van der Waals surface area contributed by atoms with Gasteiger partial charge in [-0.2, -0.15) is 0 Å². The summed E-state index contributed by atoms with van der Waals surface area (Å²) in [6, 6.07) is 32.5. The van der Waals surface area contributed by atoms with Gasteiger partial charge in [0.2, 0.25) is 0 Å². The molecule has 0 saturated carbocycles. The number of para-hydroxylation sites is 1. The first-order valence-electron chi connectivity index (χ1n) is 17.6. The van der Waals surface area contributed by atoms with Crippen molar-refractivity contribution in [2.45, 2.75) is 38.0 Å². The average Bonchev–Trinajstić information content (AvgIpc) is 3.55. The summed E-state index contributed by atoms with van der Waals surface area (Å²) in [6.45, 7) is 6.36. The summed E-state index contributed by atoms with van der Waals surface area (Å²) in [5, 5.41) is 1.17. The van der Waals surface area contributed by atoms with Crippen molar-refractivity contribution in [1.82, 2.24) is 24.8 Å². The van der Waals surface area contributed by atoms with Gasteiger partial charge in [-0.05, 0) is 79.3 Å².